The fourth-order valence-corrected chi connectivity index (χ4v) is 5.57. The van der Waals surface area contributed by atoms with Gasteiger partial charge < -0.3 is 15.8 Å². The summed E-state index contributed by atoms with van der Waals surface area (Å²) in [6.07, 6.45) is 20.5. The van der Waals surface area contributed by atoms with Crippen LogP contribution in [-0.4, -0.2) is 30.3 Å². The summed E-state index contributed by atoms with van der Waals surface area (Å²) in [5.74, 6) is 1.93. The first kappa shape index (κ1) is 16.8. The van der Waals surface area contributed by atoms with Crippen LogP contribution in [0, 0.1) is 17.8 Å². The van der Waals surface area contributed by atoms with Gasteiger partial charge in [-0.25, -0.2) is 0 Å². The zero-order valence-electron chi connectivity index (χ0n) is 15.1. The SMILES string of the molecule is CC(N)C1NC(C2C=CCCC2)CCC1C1CC2C=CCCC2O1. The minimum absolute atomic E-state index is 0.187. The summed E-state index contributed by atoms with van der Waals surface area (Å²) in [6, 6.07) is 1.19. The Morgan fingerprint density at radius 3 is 2.58 bits per heavy atom. The lowest BCUT2D eigenvalue weighted by Crippen LogP contribution is -2.59. The second-order valence-electron chi connectivity index (χ2n) is 8.54. The summed E-state index contributed by atoms with van der Waals surface area (Å²) in [6.45, 7) is 2.17. The Hall–Kier alpha value is -0.640. The number of nitrogens with one attached hydrogen (secondary N) is 1. The van der Waals surface area contributed by atoms with Gasteiger partial charge in [-0.05, 0) is 64.2 Å². The molecule has 8 unspecified atom stereocenters. The maximum Gasteiger partial charge on any atom is 0.0645 e. The number of nitrogens with two attached hydrogens (primary N) is 1. The quantitative estimate of drug-likeness (QED) is 0.778. The maximum atomic E-state index is 6.51. The number of fused-ring (bicyclic) bond motifs is 1. The molecule has 0 aromatic rings. The monoisotopic (exact) mass is 330 g/mol. The average Bonchev–Trinajstić information content (AvgIpc) is 3.06. The predicted octanol–water partition coefficient (Wildman–Crippen LogP) is 3.55. The number of rotatable bonds is 3. The van der Waals surface area contributed by atoms with Crippen LogP contribution in [0.5, 0.6) is 0 Å². The summed E-state index contributed by atoms with van der Waals surface area (Å²) in [7, 11) is 0. The van der Waals surface area contributed by atoms with Gasteiger partial charge in [0, 0.05) is 30.0 Å². The van der Waals surface area contributed by atoms with Crippen LogP contribution in [0.25, 0.3) is 0 Å². The number of ether oxygens (including phenoxy) is 1. The molecule has 4 aliphatic rings. The molecule has 0 aromatic heterocycles. The Morgan fingerprint density at radius 1 is 1.00 bits per heavy atom. The highest BCUT2D eigenvalue weighted by molar-refractivity contribution is 5.07. The molecule has 0 radical (unpaired) electrons. The molecule has 134 valence electrons. The molecule has 3 heteroatoms. The van der Waals surface area contributed by atoms with E-state index in [1.165, 1.54) is 51.4 Å². The van der Waals surface area contributed by atoms with E-state index in [2.05, 4.69) is 36.5 Å². The van der Waals surface area contributed by atoms with E-state index in [1.54, 1.807) is 0 Å². The molecule has 2 aliphatic carbocycles. The van der Waals surface area contributed by atoms with Crippen LogP contribution in [0.1, 0.15) is 58.3 Å². The van der Waals surface area contributed by atoms with E-state index in [9.17, 15) is 0 Å². The molecule has 2 heterocycles. The number of piperidine rings is 1. The Bertz CT molecular complexity index is 486. The molecule has 3 N–H and O–H groups in total. The van der Waals surface area contributed by atoms with Crippen molar-refractivity contribution in [1.82, 2.24) is 5.32 Å². The van der Waals surface area contributed by atoms with Crippen LogP contribution in [0.2, 0.25) is 0 Å². The largest absolute Gasteiger partial charge is 0.374 e. The summed E-state index contributed by atoms with van der Waals surface area (Å²) >= 11 is 0. The van der Waals surface area contributed by atoms with E-state index in [0.29, 0.717) is 42.0 Å². The van der Waals surface area contributed by atoms with Gasteiger partial charge in [-0.15, -0.1) is 0 Å². The normalized spacial score (nSPS) is 46.7. The summed E-state index contributed by atoms with van der Waals surface area (Å²) in [5.41, 5.74) is 6.41. The standard InChI is InChI=1S/C21H34N2O/c1-14(22)21-17(20-13-16-9-5-6-10-19(16)24-20)11-12-18(23-21)15-7-3-2-4-8-15/h3,5,7,9,14-21,23H,2,4,6,8,10-13,22H2,1H3. The van der Waals surface area contributed by atoms with Gasteiger partial charge >= 0.3 is 0 Å². The van der Waals surface area contributed by atoms with E-state index in [4.69, 9.17) is 10.5 Å². The second-order valence-corrected chi connectivity index (χ2v) is 8.54. The van der Waals surface area contributed by atoms with Gasteiger partial charge in [0.1, 0.15) is 0 Å². The van der Waals surface area contributed by atoms with Gasteiger partial charge in [0.05, 0.1) is 12.2 Å². The Labute approximate surface area is 147 Å². The fraction of sp³-hybridized carbons (Fsp3) is 0.810. The molecule has 2 fully saturated rings. The fourth-order valence-electron chi connectivity index (χ4n) is 5.57. The zero-order chi connectivity index (χ0) is 16.5. The van der Waals surface area contributed by atoms with E-state index < -0.39 is 0 Å². The second kappa shape index (κ2) is 7.31. The van der Waals surface area contributed by atoms with Gasteiger partial charge in [0.2, 0.25) is 0 Å². The van der Waals surface area contributed by atoms with Gasteiger partial charge in [-0.3, -0.25) is 0 Å². The smallest absolute Gasteiger partial charge is 0.0645 e. The molecule has 0 spiro atoms. The minimum atomic E-state index is 0.187. The van der Waals surface area contributed by atoms with E-state index in [1.807, 2.05) is 0 Å². The van der Waals surface area contributed by atoms with E-state index >= 15 is 0 Å². The third-order valence-electron chi connectivity index (χ3n) is 6.86. The third-order valence-corrected chi connectivity index (χ3v) is 6.86. The Morgan fingerprint density at radius 2 is 1.83 bits per heavy atom. The molecule has 0 aromatic carbocycles. The van der Waals surface area contributed by atoms with Crippen molar-refractivity contribution in [3.8, 4) is 0 Å². The first-order chi connectivity index (χ1) is 11.7. The molecule has 2 saturated heterocycles. The van der Waals surface area contributed by atoms with Gasteiger partial charge in [-0.2, -0.15) is 0 Å². The van der Waals surface area contributed by atoms with Crippen molar-refractivity contribution >= 4 is 0 Å². The van der Waals surface area contributed by atoms with Gasteiger partial charge in [0.15, 0.2) is 0 Å². The first-order valence-corrected chi connectivity index (χ1v) is 10.2. The van der Waals surface area contributed by atoms with E-state index in [-0.39, 0.29) is 6.04 Å². The van der Waals surface area contributed by atoms with Crippen LogP contribution in [0.4, 0.5) is 0 Å². The lowest BCUT2D eigenvalue weighted by molar-refractivity contribution is -0.0238. The predicted molar refractivity (Wildman–Crippen MR) is 98.7 cm³/mol. The summed E-state index contributed by atoms with van der Waals surface area (Å²) in [5, 5.41) is 3.96. The highest BCUT2D eigenvalue weighted by Gasteiger charge is 2.44. The van der Waals surface area contributed by atoms with E-state index in [0.717, 1.165) is 0 Å². The van der Waals surface area contributed by atoms with Crippen molar-refractivity contribution in [1.29, 1.82) is 0 Å². The summed E-state index contributed by atoms with van der Waals surface area (Å²) < 4.78 is 6.51. The number of hydrogen-bond acceptors (Lipinski definition) is 3. The van der Waals surface area contributed by atoms with Crippen LogP contribution >= 0.6 is 0 Å². The topological polar surface area (TPSA) is 47.3 Å². The molecule has 0 bridgehead atoms. The zero-order valence-corrected chi connectivity index (χ0v) is 15.1. The Balaban J connectivity index is 1.43. The highest BCUT2D eigenvalue weighted by Crippen LogP contribution is 2.41. The van der Waals surface area contributed by atoms with Crippen molar-refractivity contribution in [2.45, 2.75) is 88.6 Å². The lowest BCUT2D eigenvalue weighted by atomic mass is 9.75. The van der Waals surface area contributed by atoms with Crippen LogP contribution in [0.3, 0.4) is 0 Å². The van der Waals surface area contributed by atoms with Crippen molar-refractivity contribution in [3.05, 3.63) is 24.3 Å². The first-order valence-electron chi connectivity index (χ1n) is 10.2. The van der Waals surface area contributed by atoms with Crippen LogP contribution in [0.15, 0.2) is 24.3 Å². The molecule has 2 aliphatic heterocycles. The molecule has 8 atom stereocenters. The van der Waals surface area contributed by atoms with Crippen molar-refractivity contribution in [3.63, 3.8) is 0 Å². The molecule has 24 heavy (non-hydrogen) atoms. The molecule has 3 nitrogen and oxygen atoms in total. The molecule has 0 saturated carbocycles. The molecular weight excluding hydrogens is 296 g/mol. The van der Waals surface area contributed by atoms with Crippen molar-refractivity contribution < 1.29 is 4.74 Å². The van der Waals surface area contributed by atoms with Crippen molar-refractivity contribution in [2.24, 2.45) is 23.5 Å². The van der Waals surface area contributed by atoms with Gasteiger partial charge in [0.25, 0.3) is 0 Å². The maximum absolute atomic E-state index is 6.51. The van der Waals surface area contributed by atoms with Crippen LogP contribution < -0.4 is 11.1 Å². The number of hydrogen-bond donors (Lipinski definition) is 2. The minimum Gasteiger partial charge on any atom is -0.374 e. The third kappa shape index (κ3) is 3.36. The molecule has 0 amide bonds. The Kier molecular flexibility index (Phi) is 5.12. The lowest BCUT2D eigenvalue weighted by Gasteiger charge is -2.44. The average molecular weight is 331 g/mol. The summed E-state index contributed by atoms with van der Waals surface area (Å²) in [4.78, 5) is 0. The molecule has 4 rings (SSSR count). The van der Waals surface area contributed by atoms with Gasteiger partial charge in [-0.1, -0.05) is 24.3 Å². The van der Waals surface area contributed by atoms with Crippen molar-refractivity contribution in [2.75, 3.05) is 0 Å². The van der Waals surface area contributed by atoms with Crippen LogP contribution in [-0.2, 0) is 4.74 Å². The number of allylic oxidation sites excluding steroid dienone is 2. The highest BCUT2D eigenvalue weighted by atomic mass is 16.5. The molecular formula is C21H34N2O.